The van der Waals surface area contributed by atoms with Crippen LogP contribution in [0.4, 0.5) is 0 Å². The summed E-state index contributed by atoms with van der Waals surface area (Å²) in [7, 11) is 0. The Morgan fingerprint density at radius 2 is 1.94 bits per heavy atom. The molecule has 0 rings (SSSR count). The van der Waals surface area contributed by atoms with E-state index in [4.69, 9.17) is 4.74 Å². The highest BCUT2D eigenvalue weighted by Gasteiger charge is 2.12. The van der Waals surface area contributed by atoms with E-state index in [1.54, 1.807) is 0 Å². The Kier molecular flexibility index (Phi) is 10.1. The molecule has 0 N–H and O–H groups in total. The molecule has 2 nitrogen and oxygen atoms in total. The van der Waals surface area contributed by atoms with E-state index in [9.17, 15) is 4.79 Å². The van der Waals surface area contributed by atoms with Crippen molar-refractivity contribution in [3.05, 3.63) is 0 Å². The number of unbranched alkanes of at least 4 members (excludes halogenated alkanes) is 1. The molecule has 3 heteroatoms. The summed E-state index contributed by atoms with van der Waals surface area (Å²) < 4.78 is 5.30. The summed E-state index contributed by atoms with van der Waals surface area (Å²) in [5.41, 5.74) is 0. The monoisotopic (exact) mass is 292 g/mol. The normalized spacial score (nSPS) is 14.5. The predicted molar refractivity (Wildman–Crippen MR) is 71.9 cm³/mol. The van der Waals surface area contributed by atoms with Crippen LogP contribution in [0.3, 0.4) is 0 Å². The first-order valence-corrected chi connectivity index (χ1v) is 7.35. The van der Waals surface area contributed by atoms with Gasteiger partial charge in [0.1, 0.15) is 0 Å². The highest BCUT2D eigenvalue weighted by molar-refractivity contribution is 9.09. The number of halogens is 1. The van der Waals surface area contributed by atoms with E-state index in [-0.39, 0.29) is 10.8 Å². The van der Waals surface area contributed by atoms with E-state index in [1.807, 2.05) is 0 Å². The molecular weight excluding hydrogens is 268 g/mol. The molecule has 0 aliphatic heterocycles. The maximum atomic E-state index is 11.5. The minimum absolute atomic E-state index is 0.0707. The lowest BCUT2D eigenvalue weighted by molar-refractivity contribution is -0.145. The zero-order chi connectivity index (χ0) is 12.4. The molecule has 0 aromatic heterocycles. The molecule has 2 atom stereocenters. The Morgan fingerprint density at radius 1 is 1.25 bits per heavy atom. The average Bonchev–Trinajstić information content (AvgIpc) is 2.29. The van der Waals surface area contributed by atoms with Crippen LogP contribution in [0.25, 0.3) is 0 Å². The molecule has 0 radical (unpaired) electrons. The van der Waals surface area contributed by atoms with Crippen molar-refractivity contribution in [2.24, 2.45) is 5.92 Å². The van der Waals surface area contributed by atoms with E-state index in [0.29, 0.717) is 18.9 Å². The molecule has 0 fully saturated rings. The van der Waals surface area contributed by atoms with Gasteiger partial charge in [-0.15, -0.1) is 0 Å². The Labute approximate surface area is 108 Å². The van der Waals surface area contributed by atoms with Crippen molar-refractivity contribution in [1.29, 1.82) is 0 Å². The molecule has 0 bridgehead atoms. The van der Waals surface area contributed by atoms with Crippen molar-refractivity contribution >= 4 is 21.9 Å². The zero-order valence-corrected chi connectivity index (χ0v) is 12.4. The van der Waals surface area contributed by atoms with Crippen LogP contribution in [-0.4, -0.2) is 17.4 Å². The van der Waals surface area contributed by atoms with Crippen LogP contribution in [-0.2, 0) is 9.53 Å². The maximum absolute atomic E-state index is 11.5. The van der Waals surface area contributed by atoms with Crippen LogP contribution < -0.4 is 0 Å². The van der Waals surface area contributed by atoms with Gasteiger partial charge in [0.2, 0.25) is 0 Å². The van der Waals surface area contributed by atoms with E-state index < -0.39 is 0 Å². The number of alkyl halides is 1. The maximum Gasteiger partial charge on any atom is 0.306 e. The van der Waals surface area contributed by atoms with Crippen LogP contribution in [0.1, 0.15) is 59.3 Å². The van der Waals surface area contributed by atoms with Gasteiger partial charge in [0, 0.05) is 4.83 Å². The molecular formula is C13H25BrO2. The second-order valence-corrected chi connectivity index (χ2v) is 5.60. The third kappa shape index (κ3) is 8.14. The summed E-state index contributed by atoms with van der Waals surface area (Å²) in [4.78, 5) is 11.7. The number of hydrogen-bond acceptors (Lipinski definition) is 2. The summed E-state index contributed by atoms with van der Waals surface area (Å²) >= 11 is 3.44. The molecule has 0 aromatic rings. The first kappa shape index (κ1) is 16.0. The van der Waals surface area contributed by atoms with E-state index in [2.05, 4.69) is 36.7 Å². The molecule has 96 valence electrons. The highest BCUT2D eigenvalue weighted by Crippen LogP contribution is 2.15. The van der Waals surface area contributed by atoms with E-state index in [0.717, 1.165) is 12.8 Å². The number of carbonyl (C=O) groups excluding carboxylic acids is 1. The van der Waals surface area contributed by atoms with Crippen molar-refractivity contribution in [1.82, 2.24) is 0 Å². The topological polar surface area (TPSA) is 26.3 Å². The standard InChI is InChI=1S/C13H25BrO2/c1-4-7-8-11(5-2)10-16-13(15)9-12(14)6-3/h11-12H,4-10H2,1-3H3. The second kappa shape index (κ2) is 10.1. The van der Waals surface area contributed by atoms with E-state index in [1.165, 1.54) is 19.3 Å². The average molecular weight is 293 g/mol. The molecule has 2 unspecified atom stereocenters. The number of carbonyl (C=O) groups is 1. The zero-order valence-electron chi connectivity index (χ0n) is 10.8. The van der Waals surface area contributed by atoms with Gasteiger partial charge in [-0.1, -0.05) is 56.0 Å². The van der Waals surface area contributed by atoms with Gasteiger partial charge in [0.05, 0.1) is 13.0 Å². The fourth-order valence-corrected chi connectivity index (χ4v) is 1.76. The third-order valence-electron chi connectivity index (χ3n) is 2.85. The summed E-state index contributed by atoms with van der Waals surface area (Å²) in [5.74, 6) is 0.470. The van der Waals surface area contributed by atoms with Gasteiger partial charge < -0.3 is 4.74 Å². The predicted octanol–water partition coefficient (Wildman–Crippen LogP) is 4.31. The Balaban J connectivity index is 3.70. The molecule has 0 aliphatic rings. The van der Waals surface area contributed by atoms with Gasteiger partial charge >= 0.3 is 5.97 Å². The lowest BCUT2D eigenvalue weighted by atomic mass is 10.0. The van der Waals surface area contributed by atoms with Crippen molar-refractivity contribution in [3.8, 4) is 0 Å². The highest BCUT2D eigenvalue weighted by atomic mass is 79.9. The fraction of sp³-hybridized carbons (Fsp3) is 0.923. The molecule has 0 aromatic carbocycles. The van der Waals surface area contributed by atoms with Crippen LogP contribution in [0.5, 0.6) is 0 Å². The minimum atomic E-state index is -0.0707. The number of hydrogen-bond donors (Lipinski definition) is 0. The van der Waals surface area contributed by atoms with Crippen molar-refractivity contribution in [2.45, 2.75) is 64.1 Å². The van der Waals surface area contributed by atoms with Crippen LogP contribution in [0, 0.1) is 5.92 Å². The van der Waals surface area contributed by atoms with Crippen LogP contribution in [0.15, 0.2) is 0 Å². The van der Waals surface area contributed by atoms with Crippen LogP contribution >= 0.6 is 15.9 Å². The quantitative estimate of drug-likeness (QED) is 0.468. The van der Waals surface area contributed by atoms with Gasteiger partial charge in [-0.3, -0.25) is 4.79 Å². The lowest BCUT2D eigenvalue weighted by Crippen LogP contribution is -2.16. The molecule has 0 amide bonds. The molecule has 0 heterocycles. The molecule has 16 heavy (non-hydrogen) atoms. The third-order valence-corrected chi connectivity index (χ3v) is 3.83. The Hall–Kier alpha value is -0.0500. The Morgan fingerprint density at radius 3 is 2.44 bits per heavy atom. The molecule has 0 aliphatic carbocycles. The summed E-state index contributed by atoms with van der Waals surface area (Å²) in [5, 5.41) is 0. The van der Waals surface area contributed by atoms with Crippen molar-refractivity contribution in [2.75, 3.05) is 6.61 Å². The second-order valence-electron chi connectivity index (χ2n) is 4.31. The summed E-state index contributed by atoms with van der Waals surface area (Å²) in [6.45, 7) is 7.00. The van der Waals surface area contributed by atoms with Crippen molar-refractivity contribution in [3.63, 3.8) is 0 Å². The molecule has 0 saturated heterocycles. The van der Waals surface area contributed by atoms with E-state index >= 15 is 0 Å². The number of rotatable bonds is 9. The first-order chi connectivity index (χ1) is 7.63. The van der Waals surface area contributed by atoms with Crippen molar-refractivity contribution < 1.29 is 9.53 Å². The van der Waals surface area contributed by atoms with Gasteiger partial charge in [0.25, 0.3) is 0 Å². The summed E-state index contributed by atoms with van der Waals surface area (Å²) in [6.07, 6.45) is 6.16. The SMILES string of the molecule is CCCCC(CC)COC(=O)CC(Br)CC. The number of esters is 1. The Bertz CT molecular complexity index is 183. The largest absolute Gasteiger partial charge is 0.465 e. The minimum Gasteiger partial charge on any atom is -0.465 e. The lowest BCUT2D eigenvalue weighted by Gasteiger charge is -2.15. The van der Waals surface area contributed by atoms with Gasteiger partial charge in [0.15, 0.2) is 0 Å². The number of ether oxygens (including phenoxy) is 1. The molecule has 0 spiro atoms. The summed E-state index contributed by atoms with van der Waals surface area (Å²) in [6, 6.07) is 0. The smallest absolute Gasteiger partial charge is 0.306 e. The fourth-order valence-electron chi connectivity index (χ4n) is 1.49. The first-order valence-electron chi connectivity index (χ1n) is 6.43. The van der Waals surface area contributed by atoms with Gasteiger partial charge in [-0.05, 0) is 18.8 Å². The molecule has 0 saturated carbocycles. The van der Waals surface area contributed by atoms with Gasteiger partial charge in [-0.2, -0.15) is 0 Å². The van der Waals surface area contributed by atoms with Gasteiger partial charge in [-0.25, -0.2) is 0 Å². The van der Waals surface area contributed by atoms with Crippen LogP contribution in [0.2, 0.25) is 0 Å².